The molecule has 0 spiro atoms. The van der Waals surface area contributed by atoms with E-state index in [9.17, 15) is 0 Å². The molecule has 3 aromatic rings. The summed E-state index contributed by atoms with van der Waals surface area (Å²) >= 11 is 8.02. The minimum atomic E-state index is 0.521. The number of thiazole rings is 1. The Morgan fingerprint density at radius 3 is 2.62 bits per heavy atom. The van der Waals surface area contributed by atoms with Gasteiger partial charge in [-0.25, -0.2) is 15.0 Å². The maximum absolute atomic E-state index is 6.22. The molecule has 0 amide bonds. The molecule has 134 valence electrons. The summed E-state index contributed by atoms with van der Waals surface area (Å²) < 4.78 is 1.27. The second kappa shape index (κ2) is 6.76. The van der Waals surface area contributed by atoms with Crippen LogP contribution in [-0.4, -0.2) is 46.0 Å². The van der Waals surface area contributed by atoms with Crippen LogP contribution in [0, 0.1) is 0 Å². The zero-order valence-corrected chi connectivity index (χ0v) is 16.0. The van der Waals surface area contributed by atoms with Crippen LogP contribution in [0.4, 0.5) is 5.82 Å². The number of aromatic nitrogens is 3. The van der Waals surface area contributed by atoms with Gasteiger partial charge in [-0.15, -0.1) is 11.3 Å². The van der Waals surface area contributed by atoms with Crippen LogP contribution >= 0.6 is 22.9 Å². The van der Waals surface area contributed by atoms with Crippen molar-refractivity contribution >= 4 is 39.0 Å². The molecule has 0 N–H and O–H groups in total. The van der Waals surface area contributed by atoms with Crippen LogP contribution in [0.2, 0.25) is 5.15 Å². The maximum Gasteiger partial charge on any atom is 0.135 e. The van der Waals surface area contributed by atoms with Crippen molar-refractivity contribution in [2.24, 2.45) is 0 Å². The molecular formula is C19H20ClN5S. The van der Waals surface area contributed by atoms with Gasteiger partial charge >= 0.3 is 0 Å². The van der Waals surface area contributed by atoms with Crippen LogP contribution < -0.4 is 4.90 Å². The Balaban J connectivity index is 1.24. The number of fused-ring (bicyclic) bond motifs is 1. The number of halogens is 1. The van der Waals surface area contributed by atoms with E-state index in [2.05, 4.69) is 33.0 Å². The summed E-state index contributed by atoms with van der Waals surface area (Å²) in [6.07, 6.45) is 2.38. The Bertz CT molecular complexity index is 898. The molecule has 1 aromatic carbocycles. The first-order chi connectivity index (χ1) is 12.7. The fourth-order valence-corrected chi connectivity index (χ4v) is 4.62. The fraction of sp³-hybridized carbons (Fsp3) is 0.421. The molecule has 5 rings (SSSR count). The molecule has 0 radical (unpaired) electrons. The Morgan fingerprint density at radius 2 is 1.85 bits per heavy atom. The van der Waals surface area contributed by atoms with Crippen molar-refractivity contribution in [1.82, 2.24) is 19.9 Å². The fourth-order valence-electron chi connectivity index (χ4n) is 3.42. The number of nitrogens with zero attached hydrogens (tertiary/aromatic N) is 5. The summed E-state index contributed by atoms with van der Waals surface area (Å²) in [6, 6.07) is 10.3. The van der Waals surface area contributed by atoms with Crippen molar-refractivity contribution in [1.29, 1.82) is 0 Å². The lowest BCUT2D eigenvalue weighted by Crippen LogP contribution is -2.46. The van der Waals surface area contributed by atoms with Crippen LogP contribution in [-0.2, 0) is 6.54 Å². The predicted molar refractivity (Wildman–Crippen MR) is 106 cm³/mol. The summed E-state index contributed by atoms with van der Waals surface area (Å²) in [5.74, 6) is 2.42. The average Bonchev–Trinajstić information content (AvgIpc) is 3.42. The standard InChI is InChI=1S/C19H20ClN5S/c20-16-11-17(23-19(22-16)13-5-6-13)25-9-7-24(8-10-25)12-18-21-14-3-1-2-4-15(14)26-18/h1-4,11,13H,5-10,12H2. The minimum absolute atomic E-state index is 0.521. The monoisotopic (exact) mass is 385 g/mol. The molecule has 2 aromatic heterocycles. The first kappa shape index (κ1) is 16.4. The van der Waals surface area contributed by atoms with Gasteiger partial charge in [-0.05, 0) is 25.0 Å². The number of hydrogen-bond acceptors (Lipinski definition) is 6. The van der Waals surface area contributed by atoms with Crippen molar-refractivity contribution < 1.29 is 0 Å². The Morgan fingerprint density at radius 1 is 1.04 bits per heavy atom. The van der Waals surface area contributed by atoms with Crippen molar-refractivity contribution in [2.75, 3.05) is 31.1 Å². The van der Waals surface area contributed by atoms with Crippen LogP contribution in [0.3, 0.4) is 0 Å². The number of anilines is 1. The van der Waals surface area contributed by atoms with Gasteiger partial charge in [0, 0.05) is 38.2 Å². The Labute approximate surface area is 161 Å². The summed E-state index contributed by atoms with van der Waals surface area (Å²) in [4.78, 5) is 18.7. The number of hydrogen-bond donors (Lipinski definition) is 0. The molecule has 2 aliphatic rings. The van der Waals surface area contributed by atoms with E-state index in [4.69, 9.17) is 21.6 Å². The number of para-hydroxylation sites is 1. The van der Waals surface area contributed by atoms with E-state index in [1.165, 1.54) is 22.5 Å². The second-order valence-corrected chi connectivity index (χ2v) is 8.52. The van der Waals surface area contributed by atoms with Gasteiger partial charge in [0.1, 0.15) is 21.8 Å². The SMILES string of the molecule is Clc1cc(N2CCN(Cc3nc4ccccc4s3)CC2)nc(C2CC2)n1. The normalized spacial score (nSPS) is 18.6. The molecule has 7 heteroatoms. The number of rotatable bonds is 4. The molecule has 2 fully saturated rings. The number of piperazine rings is 1. The van der Waals surface area contributed by atoms with E-state index < -0.39 is 0 Å². The van der Waals surface area contributed by atoms with E-state index in [0.717, 1.165) is 49.9 Å². The quantitative estimate of drug-likeness (QED) is 0.636. The van der Waals surface area contributed by atoms with Crippen LogP contribution in [0.5, 0.6) is 0 Å². The summed E-state index contributed by atoms with van der Waals surface area (Å²) in [5, 5.41) is 1.76. The van der Waals surface area contributed by atoms with Gasteiger partial charge in [0.15, 0.2) is 0 Å². The van der Waals surface area contributed by atoms with E-state index in [0.29, 0.717) is 11.1 Å². The van der Waals surface area contributed by atoms with E-state index in [1.807, 2.05) is 12.1 Å². The van der Waals surface area contributed by atoms with Gasteiger partial charge in [-0.3, -0.25) is 4.90 Å². The lowest BCUT2D eigenvalue weighted by atomic mass is 10.3. The summed E-state index contributed by atoms with van der Waals surface area (Å²) in [6.45, 7) is 4.86. The zero-order chi connectivity index (χ0) is 17.5. The van der Waals surface area contributed by atoms with Crippen molar-refractivity contribution in [2.45, 2.75) is 25.3 Å². The third kappa shape index (κ3) is 3.41. The van der Waals surface area contributed by atoms with Gasteiger partial charge in [0.05, 0.1) is 16.8 Å². The minimum Gasteiger partial charge on any atom is -0.354 e. The predicted octanol–water partition coefficient (Wildman–Crippen LogP) is 3.94. The number of benzene rings is 1. The molecule has 1 aliphatic carbocycles. The molecule has 1 saturated carbocycles. The topological polar surface area (TPSA) is 45.2 Å². The first-order valence-electron chi connectivity index (χ1n) is 9.11. The molecule has 0 unspecified atom stereocenters. The highest BCUT2D eigenvalue weighted by atomic mass is 35.5. The molecule has 0 bridgehead atoms. The summed E-state index contributed by atoms with van der Waals surface area (Å²) in [5.41, 5.74) is 1.11. The molecule has 0 atom stereocenters. The Hall–Kier alpha value is -1.76. The van der Waals surface area contributed by atoms with Crippen LogP contribution in [0.1, 0.15) is 29.6 Å². The van der Waals surface area contributed by atoms with Crippen molar-refractivity contribution in [3.05, 3.63) is 46.3 Å². The molecule has 5 nitrogen and oxygen atoms in total. The van der Waals surface area contributed by atoms with Gasteiger partial charge in [0.2, 0.25) is 0 Å². The Kier molecular flexibility index (Phi) is 4.27. The largest absolute Gasteiger partial charge is 0.354 e. The highest BCUT2D eigenvalue weighted by Crippen LogP contribution is 2.39. The van der Waals surface area contributed by atoms with Gasteiger partial charge in [0.25, 0.3) is 0 Å². The maximum atomic E-state index is 6.22. The van der Waals surface area contributed by atoms with Crippen LogP contribution in [0.15, 0.2) is 30.3 Å². The molecule has 3 heterocycles. The van der Waals surface area contributed by atoms with E-state index in [1.54, 1.807) is 11.3 Å². The second-order valence-electron chi connectivity index (χ2n) is 7.02. The van der Waals surface area contributed by atoms with E-state index in [-0.39, 0.29) is 0 Å². The van der Waals surface area contributed by atoms with Gasteiger partial charge in [-0.2, -0.15) is 0 Å². The highest BCUT2D eigenvalue weighted by Gasteiger charge is 2.28. The smallest absolute Gasteiger partial charge is 0.135 e. The first-order valence-corrected chi connectivity index (χ1v) is 10.3. The lowest BCUT2D eigenvalue weighted by Gasteiger charge is -2.35. The van der Waals surface area contributed by atoms with Crippen molar-refractivity contribution in [3.63, 3.8) is 0 Å². The lowest BCUT2D eigenvalue weighted by molar-refractivity contribution is 0.249. The molecule has 1 saturated heterocycles. The van der Waals surface area contributed by atoms with Gasteiger partial charge in [-0.1, -0.05) is 23.7 Å². The van der Waals surface area contributed by atoms with Crippen molar-refractivity contribution in [3.8, 4) is 0 Å². The summed E-state index contributed by atoms with van der Waals surface area (Å²) in [7, 11) is 0. The highest BCUT2D eigenvalue weighted by molar-refractivity contribution is 7.18. The molecular weight excluding hydrogens is 366 g/mol. The zero-order valence-electron chi connectivity index (χ0n) is 14.4. The average molecular weight is 386 g/mol. The third-order valence-electron chi connectivity index (χ3n) is 5.03. The van der Waals surface area contributed by atoms with Crippen LogP contribution in [0.25, 0.3) is 10.2 Å². The van der Waals surface area contributed by atoms with Gasteiger partial charge < -0.3 is 4.90 Å². The molecule has 1 aliphatic heterocycles. The van der Waals surface area contributed by atoms with E-state index >= 15 is 0 Å². The third-order valence-corrected chi connectivity index (χ3v) is 6.25. The molecule has 26 heavy (non-hydrogen) atoms.